The Balaban J connectivity index is 3.14. The van der Waals surface area contributed by atoms with Gasteiger partial charge in [-0.2, -0.15) is 0 Å². The molecule has 0 saturated heterocycles. The van der Waals surface area contributed by atoms with Crippen molar-refractivity contribution in [3.05, 3.63) is 17.7 Å². The summed E-state index contributed by atoms with van der Waals surface area (Å²) in [5, 5.41) is 16.8. The number of nitrogens with two attached hydrogens (primary N) is 1. The molecule has 0 amide bonds. The van der Waals surface area contributed by atoms with Crippen LogP contribution in [-0.4, -0.2) is 25.2 Å². The Morgan fingerprint density at radius 1 is 1.33 bits per heavy atom. The summed E-state index contributed by atoms with van der Waals surface area (Å²) in [7, 11) is 2.90. The minimum absolute atomic E-state index is 0.0461. The molecule has 4 N–H and O–H groups in total. The predicted molar refractivity (Wildman–Crippen MR) is 56.8 cm³/mol. The maximum Gasteiger partial charge on any atom is 0.200 e. The number of benzene rings is 1. The molecule has 0 unspecified atom stereocenters. The van der Waals surface area contributed by atoms with Gasteiger partial charge in [-0.1, -0.05) is 0 Å². The van der Waals surface area contributed by atoms with Gasteiger partial charge in [0.2, 0.25) is 5.75 Å². The summed E-state index contributed by atoms with van der Waals surface area (Å²) in [5.74, 6) is 0.619. The quantitative estimate of drug-likeness (QED) is 0.508. The van der Waals surface area contributed by atoms with Crippen LogP contribution < -0.4 is 15.2 Å². The number of nitrogens with one attached hydrogen (secondary N) is 1. The van der Waals surface area contributed by atoms with E-state index in [1.165, 1.54) is 14.2 Å². The summed E-state index contributed by atoms with van der Waals surface area (Å²) >= 11 is 0. The fourth-order valence-electron chi connectivity index (χ4n) is 1.27. The highest BCUT2D eigenvalue weighted by Crippen LogP contribution is 2.37. The number of hydrogen-bond donors (Lipinski definition) is 3. The Bertz CT molecular complexity index is 352. The van der Waals surface area contributed by atoms with Crippen LogP contribution in [0.4, 0.5) is 0 Å². The lowest BCUT2D eigenvalue weighted by atomic mass is 10.1. The zero-order valence-corrected chi connectivity index (χ0v) is 8.70. The third-order valence-electron chi connectivity index (χ3n) is 1.93. The average Bonchev–Trinajstić information content (AvgIpc) is 2.19. The van der Waals surface area contributed by atoms with E-state index in [2.05, 4.69) is 0 Å². The van der Waals surface area contributed by atoms with Crippen molar-refractivity contribution in [1.82, 2.24) is 0 Å². The molecule has 1 aromatic carbocycles. The Labute approximate surface area is 87.9 Å². The number of amidine groups is 1. The number of phenolic OH excluding ortho intramolecular Hbond substituents is 1. The lowest BCUT2D eigenvalue weighted by Crippen LogP contribution is -2.12. The summed E-state index contributed by atoms with van der Waals surface area (Å²) in [6.07, 6.45) is 0.299. The minimum Gasteiger partial charge on any atom is -0.502 e. The molecule has 0 saturated carbocycles. The van der Waals surface area contributed by atoms with E-state index < -0.39 is 0 Å². The molecule has 0 heterocycles. The molecular formula is C10H14N2O3. The van der Waals surface area contributed by atoms with Crippen LogP contribution >= 0.6 is 0 Å². The summed E-state index contributed by atoms with van der Waals surface area (Å²) < 4.78 is 9.94. The van der Waals surface area contributed by atoms with Crippen LogP contribution in [-0.2, 0) is 6.42 Å². The molecule has 0 fully saturated rings. The third kappa shape index (κ3) is 2.52. The van der Waals surface area contributed by atoms with Gasteiger partial charge in [0.15, 0.2) is 11.5 Å². The van der Waals surface area contributed by atoms with Gasteiger partial charge in [-0.05, 0) is 17.7 Å². The van der Waals surface area contributed by atoms with Crippen molar-refractivity contribution in [2.24, 2.45) is 5.73 Å². The van der Waals surface area contributed by atoms with Gasteiger partial charge < -0.3 is 20.3 Å². The SMILES string of the molecule is COc1cc(CC(=N)N)cc(OC)c1O. The number of aromatic hydroxyl groups is 1. The van der Waals surface area contributed by atoms with Gasteiger partial charge in [-0.3, -0.25) is 5.41 Å². The first kappa shape index (κ1) is 11.2. The summed E-state index contributed by atoms with van der Waals surface area (Å²) in [6.45, 7) is 0. The molecule has 0 atom stereocenters. The average molecular weight is 210 g/mol. The molecule has 0 aliphatic rings. The second-order valence-corrected chi connectivity index (χ2v) is 3.05. The first-order valence-corrected chi connectivity index (χ1v) is 4.35. The fraction of sp³-hybridized carbons (Fsp3) is 0.300. The van der Waals surface area contributed by atoms with E-state index in [1.807, 2.05) is 0 Å². The third-order valence-corrected chi connectivity index (χ3v) is 1.93. The number of methoxy groups -OCH3 is 2. The van der Waals surface area contributed by atoms with Gasteiger partial charge in [-0.25, -0.2) is 0 Å². The van der Waals surface area contributed by atoms with E-state index in [0.29, 0.717) is 17.9 Å². The van der Waals surface area contributed by atoms with Crippen molar-refractivity contribution in [2.45, 2.75) is 6.42 Å². The smallest absolute Gasteiger partial charge is 0.200 e. The number of rotatable bonds is 4. The molecule has 0 aliphatic heterocycles. The maximum atomic E-state index is 9.61. The van der Waals surface area contributed by atoms with Gasteiger partial charge in [0.1, 0.15) is 0 Å². The Morgan fingerprint density at radius 2 is 1.80 bits per heavy atom. The predicted octanol–water partition coefficient (Wildman–Crippen LogP) is 0.888. The van der Waals surface area contributed by atoms with Crippen LogP contribution in [0.25, 0.3) is 0 Å². The standard InChI is InChI=1S/C10H14N2O3/c1-14-7-3-6(5-9(11)12)4-8(15-2)10(7)13/h3-4,13H,5H2,1-2H3,(H3,11,12). The second kappa shape index (κ2) is 4.54. The molecule has 5 nitrogen and oxygen atoms in total. The number of ether oxygens (including phenoxy) is 2. The molecule has 5 heteroatoms. The highest BCUT2D eigenvalue weighted by molar-refractivity contribution is 5.80. The molecule has 1 aromatic rings. The second-order valence-electron chi connectivity index (χ2n) is 3.05. The lowest BCUT2D eigenvalue weighted by molar-refractivity contribution is 0.339. The van der Waals surface area contributed by atoms with Gasteiger partial charge in [-0.15, -0.1) is 0 Å². The topological polar surface area (TPSA) is 88.6 Å². The van der Waals surface area contributed by atoms with Crippen molar-refractivity contribution in [3.8, 4) is 17.2 Å². The molecule has 0 aromatic heterocycles. The maximum absolute atomic E-state index is 9.61. The highest BCUT2D eigenvalue weighted by Gasteiger charge is 2.11. The van der Waals surface area contributed by atoms with E-state index in [9.17, 15) is 5.11 Å². The molecule has 82 valence electrons. The Morgan fingerprint density at radius 3 is 2.13 bits per heavy atom. The lowest BCUT2D eigenvalue weighted by Gasteiger charge is -2.10. The van der Waals surface area contributed by atoms with Crippen LogP contribution in [0.1, 0.15) is 5.56 Å². The molecule has 0 bridgehead atoms. The van der Waals surface area contributed by atoms with Gasteiger partial charge in [0.25, 0.3) is 0 Å². The fourth-order valence-corrected chi connectivity index (χ4v) is 1.27. The summed E-state index contributed by atoms with van der Waals surface area (Å²) in [4.78, 5) is 0. The van der Waals surface area contributed by atoms with Crippen molar-refractivity contribution >= 4 is 5.84 Å². The molecule has 1 rings (SSSR count). The largest absolute Gasteiger partial charge is 0.502 e. The Hall–Kier alpha value is -1.91. The van der Waals surface area contributed by atoms with Gasteiger partial charge >= 0.3 is 0 Å². The first-order valence-electron chi connectivity index (χ1n) is 4.35. The van der Waals surface area contributed by atoms with Crippen LogP contribution in [0.5, 0.6) is 17.2 Å². The molecule has 0 aliphatic carbocycles. The van der Waals surface area contributed by atoms with E-state index in [4.69, 9.17) is 20.6 Å². The molecule has 15 heavy (non-hydrogen) atoms. The number of hydrogen-bond acceptors (Lipinski definition) is 4. The van der Waals surface area contributed by atoms with Gasteiger partial charge in [0.05, 0.1) is 20.1 Å². The van der Waals surface area contributed by atoms with Crippen molar-refractivity contribution in [2.75, 3.05) is 14.2 Å². The van der Waals surface area contributed by atoms with Crippen molar-refractivity contribution in [3.63, 3.8) is 0 Å². The van der Waals surface area contributed by atoms with Crippen LogP contribution in [0.3, 0.4) is 0 Å². The zero-order chi connectivity index (χ0) is 11.4. The van der Waals surface area contributed by atoms with E-state index >= 15 is 0 Å². The number of phenols is 1. The van der Waals surface area contributed by atoms with Crippen LogP contribution in [0.2, 0.25) is 0 Å². The molecule has 0 spiro atoms. The highest BCUT2D eigenvalue weighted by atomic mass is 16.5. The Kier molecular flexibility index (Phi) is 3.38. The van der Waals surface area contributed by atoms with Gasteiger partial charge in [0, 0.05) is 6.42 Å². The summed E-state index contributed by atoms with van der Waals surface area (Å²) in [6, 6.07) is 3.25. The molecule has 0 radical (unpaired) electrons. The van der Waals surface area contributed by atoms with Crippen molar-refractivity contribution < 1.29 is 14.6 Å². The van der Waals surface area contributed by atoms with E-state index in [0.717, 1.165) is 5.56 Å². The van der Waals surface area contributed by atoms with Crippen molar-refractivity contribution in [1.29, 1.82) is 5.41 Å². The summed E-state index contributed by atoms with van der Waals surface area (Å²) in [5.41, 5.74) is 6.04. The monoisotopic (exact) mass is 210 g/mol. The van der Waals surface area contributed by atoms with E-state index in [-0.39, 0.29) is 11.6 Å². The van der Waals surface area contributed by atoms with Crippen LogP contribution in [0.15, 0.2) is 12.1 Å². The van der Waals surface area contributed by atoms with E-state index in [1.54, 1.807) is 12.1 Å². The first-order chi connectivity index (χ1) is 7.08. The molecular weight excluding hydrogens is 196 g/mol. The zero-order valence-electron chi connectivity index (χ0n) is 8.70. The minimum atomic E-state index is -0.0488. The normalized spacial score (nSPS) is 9.73. The van der Waals surface area contributed by atoms with Crippen LogP contribution in [0, 0.1) is 5.41 Å².